The minimum Gasteiger partial charge on any atom is -0.327 e. The number of nitrogens with two attached hydrogens (primary N) is 1. The predicted octanol–water partition coefficient (Wildman–Crippen LogP) is 3.11. The van der Waals surface area contributed by atoms with Crippen LogP contribution in [0, 0.1) is 17.8 Å². The molecule has 4 atom stereocenters. The Bertz CT molecular complexity index is 209. The van der Waals surface area contributed by atoms with E-state index in [1.807, 2.05) is 0 Å². The molecule has 0 spiro atoms. The van der Waals surface area contributed by atoms with Gasteiger partial charge in [-0.25, -0.2) is 0 Å². The van der Waals surface area contributed by atoms with E-state index >= 15 is 0 Å². The Labute approximate surface area is 87.8 Å². The predicted molar refractivity (Wildman–Crippen MR) is 61.0 cm³/mol. The van der Waals surface area contributed by atoms with Gasteiger partial charge in [-0.1, -0.05) is 31.9 Å². The molecule has 80 valence electrons. The van der Waals surface area contributed by atoms with E-state index in [1.54, 1.807) is 0 Å². The fourth-order valence-corrected chi connectivity index (χ4v) is 3.16. The SMILES string of the molecule is C[C@H]1CC=CC(C2CCCCC2N)C1. The lowest BCUT2D eigenvalue weighted by atomic mass is 9.71. The summed E-state index contributed by atoms with van der Waals surface area (Å²) in [6.45, 7) is 2.37. The van der Waals surface area contributed by atoms with Gasteiger partial charge in [0.2, 0.25) is 0 Å². The minimum atomic E-state index is 0.476. The van der Waals surface area contributed by atoms with Crippen molar-refractivity contribution in [1.82, 2.24) is 0 Å². The van der Waals surface area contributed by atoms with E-state index in [4.69, 9.17) is 5.73 Å². The topological polar surface area (TPSA) is 26.0 Å². The van der Waals surface area contributed by atoms with Crippen molar-refractivity contribution in [2.45, 2.75) is 51.5 Å². The van der Waals surface area contributed by atoms with Crippen molar-refractivity contribution in [3.63, 3.8) is 0 Å². The summed E-state index contributed by atoms with van der Waals surface area (Å²) in [6, 6.07) is 0.476. The zero-order chi connectivity index (χ0) is 9.97. The van der Waals surface area contributed by atoms with E-state index < -0.39 is 0 Å². The Morgan fingerprint density at radius 2 is 2.00 bits per heavy atom. The summed E-state index contributed by atoms with van der Waals surface area (Å²) in [5.74, 6) is 2.44. The van der Waals surface area contributed by atoms with Crippen LogP contribution in [0.5, 0.6) is 0 Å². The summed E-state index contributed by atoms with van der Waals surface area (Å²) >= 11 is 0. The average Bonchev–Trinajstić information content (AvgIpc) is 2.18. The zero-order valence-electron chi connectivity index (χ0n) is 9.28. The third kappa shape index (κ3) is 2.20. The summed E-state index contributed by atoms with van der Waals surface area (Å²) in [7, 11) is 0. The highest BCUT2D eigenvalue weighted by atomic mass is 14.7. The molecule has 0 saturated heterocycles. The van der Waals surface area contributed by atoms with E-state index in [0.717, 1.165) is 17.8 Å². The molecule has 0 aliphatic heterocycles. The van der Waals surface area contributed by atoms with Crippen LogP contribution < -0.4 is 5.73 Å². The second-order valence-corrected chi connectivity index (χ2v) is 5.28. The highest BCUT2D eigenvalue weighted by molar-refractivity contribution is 5.00. The normalized spacial score (nSPS) is 43.9. The van der Waals surface area contributed by atoms with Gasteiger partial charge < -0.3 is 5.73 Å². The maximum absolute atomic E-state index is 6.22. The molecule has 1 fully saturated rings. The fourth-order valence-electron chi connectivity index (χ4n) is 3.16. The lowest BCUT2D eigenvalue weighted by molar-refractivity contribution is 0.215. The van der Waals surface area contributed by atoms with Crippen molar-refractivity contribution in [2.24, 2.45) is 23.5 Å². The van der Waals surface area contributed by atoms with Crippen LogP contribution in [0.2, 0.25) is 0 Å². The molecule has 2 aliphatic rings. The molecule has 0 bridgehead atoms. The van der Waals surface area contributed by atoms with Crippen LogP contribution in [0.1, 0.15) is 45.4 Å². The Kier molecular flexibility index (Phi) is 3.27. The summed E-state index contributed by atoms with van der Waals surface area (Å²) in [6.07, 6.45) is 12.8. The molecule has 3 unspecified atom stereocenters. The molecule has 0 heterocycles. The van der Waals surface area contributed by atoms with Crippen molar-refractivity contribution < 1.29 is 0 Å². The second kappa shape index (κ2) is 4.48. The van der Waals surface area contributed by atoms with E-state index in [-0.39, 0.29) is 0 Å². The molecule has 1 saturated carbocycles. The third-order valence-corrected chi connectivity index (χ3v) is 4.02. The van der Waals surface area contributed by atoms with Gasteiger partial charge in [-0.15, -0.1) is 0 Å². The first-order valence-corrected chi connectivity index (χ1v) is 6.19. The molecule has 0 aromatic rings. The maximum Gasteiger partial charge on any atom is 0.00727 e. The van der Waals surface area contributed by atoms with Crippen LogP contribution in [0.15, 0.2) is 12.2 Å². The fraction of sp³-hybridized carbons (Fsp3) is 0.846. The summed E-state index contributed by atoms with van der Waals surface area (Å²) in [5, 5.41) is 0. The van der Waals surface area contributed by atoms with E-state index in [1.165, 1.54) is 38.5 Å². The number of allylic oxidation sites excluding steroid dienone is 2. The van der Waals surface area contributed by atoms with E-state index in [2.05, 4.69) is 19.1 Å². The molecule has 1 heteroatoms. The van der Waals surface area contributed by atoms with Crippen molar-refractivity contribution >= 4 is 0 Å². The van der Waals surface area contributed by atoms with Crippen molar-refractivity contribution in [1.29, 1.82) is 0 Å². The molecule has 2 N–H and O–H groups in total. The lowest BCUT2D eigenvalue weighted by Crippen LogP contribution is -2.38. The molecular weight excluding hydrogens is 170 g/mol. The molecule has 0 aromatic heterocycles. The number of hydrogen-bond acceptors (Lipinski definition) is 1. The Hall–Kier alpha value is -0.300. The lowest BCUT2D eigenvalue weighted by Gasteiger charge is -2.36. The monoisotopic (exact) mass is 193 g/mol. The van der Waals surface area contributed by atoms with Crippen LogP contribution >= 0.6 is 0 Å². The first-order valence-electron chi connectivity index (χ1n) is 6.19. The molecule has 0 aromatic carbocycles. The van der Waals surface area contributed by atoms with Crippen LogP contribution in [0.25, 0.3) is 0 Å². The van der Waals surface area contributed by atoms with Gasteiger partial charge in [0.05, 0.1) is 0 Å². The standard InChI is InChI=1S/C13H23N/c1-10-5-4-6-11(9-10)12-7-2-3-8-13(12)14/h4,6,10-13H,2-3,5,7-9,14H2,1H3/t10-,11?,12?,13?/m0/s1. The van der Waals surface area contributed by atoms with Gasteiger partial charge in [0, 0.05) is 6.04 Å². The highest BCUT2D eigenvalue weighted by Gasteiger charge is 2.29. The molecule has 2 aliphatic carbocycles. The molecule has 1 nitrogen and oxygen atoms in total. The van der Waals surface area contributed by atoms with Gasteiger partial charge in [0.15, 0.2) is 0 Å². The summed E-state index contributed by atoms with van der Waals surface area (Å²) in [4.78, 5) is 0. The Morgan fingerprint density at radius 3 is 2.71 bits per heavy atom. The molecule has 0 amide bonds. The molecule has 14 heavy (non-hydrogen) atoms. The van der Waals surface area contributed by atoms with Crippen LogP contribution in [0.3, 0.4) is 0 Å². The van der Waals surface area contributed by atoms with Crippen LogP contribution in [0.4, 0.5) is 0 Å². The van der Waals surface area contributed by atoms with Gasteiger partial charge in [0.25, 0.3) is 0 Å². The number of rotatable bonds is 1. The van der Waals surface area contributed by atoms with Gasteiger partial charge >= 0.3 is 0 Å². The zero-order valence-corrected chi connectivity index (χ0v) is 9.28. The molecule has 2 rings (SSSR count). The summed E-state index contributed by atoms with van der Waals surface area (Å²) < 4.78 is 0. The average molecular weight is 193 g/mol. The maximum atomic E-state index is 6.22. The smallest absolute Gasteiger partial charge is 0.00727 e. The van der Waals surface area contributed by atoms with Crippen molar-refractivity contribution in [2.75, 3.05) is 0 Å². The van der Waals surface area contributed by atoms with Crippen molar-refractivity contribution in [3.8, 4) is 0 Å². The van der Waals surface area contributed by atoms with Crippen LogP contribution in [-0.4, -0.2) is 6.04 Å². The van der Waals surface area contributed by atoms with Gasteiger partial charge in [-0.3, -0.25) is 0 Å². The van der Waals surface area contributed by atoms with E-state index in [9.17, 15) is 0 Å². The largest absolute Gasteiger partial charge is 0.327 e. The summed E-state index contributed by atoms with van der Waals surface area (Å²) in [5.41, 5.74) is 6.22. The Morgan fingerprint density at radius 1 is 1.21 bits per heavy atom. The number of hydrogen-bond donors (Lipinski definition) is 1. The van der Waals surface area contributed by atoms with Gasteiger partial charge in [-0.2, -0.15) is 0 Å². The third-order valence-electron chi connectivity index (χ3n) is 4.02. The van der Waals surface area contributed by atoms with Gasteiger partial charge in [0.1, 0.15) is 0 Å². The quantitative estimate of drug-likeness (QED) is 0.636. The van der Waals surface area contributed by atoms with Gasteiger partial charge in [-0.05, 0) is 43.4 Å². The Balaban J connectivity index is 1.98. The van der Waals surface area contributed by atoms with E-state index in [0.29, 0.717) is 6.04 Å². The first kappa shape index (κ1) is 10.2. The minimum absolute atomic E-state index is 0.476. The second-order valence-electron chi connectivity index (χ2n) is 5.28. The molecule has 0 radical (unpaired) electrons. The molecular formula is C13H23N. The first-order chi connectivity index (χ1) is 6.77. The highest BCUT2D eigenvalue weighted by Crippen LogP contribution is 2.36. The van der Waals surface area contributed by atoms with Crippen molar-refractivity contribution in [3.05, 3.63) is 12.2 Å². The van der Waals surface area contributed by atoms with Crippen LogP contribution in [-0.2, 0) is 0 Å².